The van der Waals surface area contributed by atoms with Crippen LogP contribution >= 0.6 is 24.0 Å². The summed E-state index contributed by atoms with van der Waals surface area (Å²) in [7, 11) is 3.39. The standard InChI is InChI=1S/C22H26N4O3.HI/c1-23-22(24-14-17-8-10-20(11-9-17)28-13-12-27-2)25-15-19-16-29-21(26-19)18-6-4-3-5-7-18;/h3-11,16H,12-15H2,1-2H3,(H2,23,24,25);1H. The third-order valence-corrected chi connectivity index (χ3v) is 4.17. The maximum Gasteiger partial charge on any atom is 0.226 e. The number of methoxy groups -OCH3 is 1. The van der Waals surface area contributed by atoms with Crippen molar-refractivity contribution in [1.29, 1.82) is 0 Å². The highest BCUT2D eigenvalue weighted by Crippen LogP contribution is 2.17. The zero-order chi connectivity index (χ0) is 20.3. The summed E-state index contributed by atoms with van der Waals surface area (Å²) in [5, 5.41) is 6.53. The third kappa shape index (κ3) is 7.34. The molecule has 8 heteroatoms. The Morgan fingerprint density at radius 2 is 1.73 bits per heavy atom. The Hall–Kier alpha value is -2.59. The SMILES string of the molecule is CN=C(NCc1ccc(OCCOC)cc1)NCc1coc(-c2ccccc2)n1.I. The number of nitrogens with one attached hydrogen (secondary N) is 2. The molecule has 0 saturated carbocycles. The van der Waals surface area contributed by atoms with Gasteiger partial charge in [0.25, 0.3) is 0 Å². The predicted octanol–water partition coefficient (Wildman–Crippen LogP) is 3.85. The number of rotatable bonds is 9. The monoisotopic (exact) mass is 522 g/mol. The van der Waals surface area contributed by atoms with E-state index < -0.39 is 0 Å². The van der Waals surface area contributed by atoms with Gasteiger partial charge < -0.3 is 24.5 Å². The molecule has 0 fully saturated rings. The molecule has 2 N–H and O–H groups in total. The minimum Gasteiger partial charge on any atom is -0.491 e. The van der Waals surface area contributed by atoms with E-state index in [1.165, 1.54) is 0 Å². The average Bonchev–Trinajstić information content (AvgIpc) is 3.25. The van der Waals surface area contributed by atoms with Gasteiger partial charge in [-0.3, -0.25) is 4.99 Å². The van der Waals surface area contributed by atoms with Gasteiger partial charge in [0.15, 0.2) is 5.96 Å². The van der Waals surface area contributed by atoms with E-state index in [1.807, 2.05) is 54.6 Å². The molecule has 0 saturated heterocycles. The minimum absolute atomic E-state index is 0. The van der Waals surface area contributed by atoms with Gasteiger partial charge in [0.1, 0.15) is 18.6 Å². The zero-order valence-corrected chi connectivity index (χ0v) is 19.5. The van der Waals surface area contributed by atoms with Crippen molar-refractivity contribution in [3.8, 4) is 17.2 Å². The first-order chi connectivity index (χ1) is 14.3. The van der Waals surface area contributed by atoms with Crippen molar-refractivity contribution in [1.82, 2.24) is 15.6 Å². The Balaban J connectivity index is 0.00000320. The van der Waals surface area contributed by atoms with Crippen molar-refractivity contribution in [2.45, 2.75) is 13.1 Å². The van der Waals surface area contributed by atoms with Crippen LogP contribution in [0.15, 0.2) is 70.3 Å². The molecule has 0 unspecified atom stereocenters. The fraction of sp³-hybridized carbons (Fsp3) is 0.273. The number of hydrogen-bond acceptors (Lipinski definition) is 5. The molecular formula is C22H27IN4O3. The van der Waals surface area contributed by atoms with Crippen LogP contribution in [0.5, 0.6) is 5.75 Å². The lowest BCUT2D eigenvalue weighted by atomic mass is 10.2. The van der Waals surface area contributed by atoms with E-state index in [0.717, 1.165) is 22.6 Å². The van der Waals surface area contributed by atoms with Gasteiger partial charge in [-0.15, -0.1) is 24.0 Å². The molecule has 1 aromatic heterocycles. The van der Waals surface area contributed by atoms with Crippen LogP contribution in [-0.4, -0.2) is 38.3 Å². The summed E-state index contributed by atoms with van der Waals surface area (Å²) in [5.41, 5.74) is 2.89. The van der Waals surface area contributed by atoms with Crippen LogP contribution in [0, 0.1) is 0 Å². The molecule has 0 amide bonds. The molecule has 0 aliphatic heterocycles. The number of hydrogen-bond donors (Lipinski definition) is 2. The second-order valence-corrected chi connectivity index (χ2v) is 6.27. The molecule has 0 bridgehead atoms. The van der Waals surface area contributed by atoms with Crippen molar-refractivity contribution in [3.05, 3.63) is 72.1 Å². The largest absolute Gasteiger partial charge is 0.491 e. The Morgan fingerprint density at radius 3 is 2.43 bits per heavy atom. The summed E-state index contributed by atoms with van der Waals surface area (Å²) >= 11 is 0. The van der Waals surface area contributed by atoms with Crippen LogP contribution in [0.2, 0.25) is 0 Å². The number of aliphatic imine (C=N–C) groups is 1. The predicted molar refractivity (Wildman–Crippen MR) is 128 cm³/mol. The number of oxazole rings is 1. The molecule has 0 aliphatic rings. The Morgan fingerprint density at radius 1 is 1.00 bits per heavy atom. The molecule has 7 nitrogen and oxygen atoms in total. The molecule has 30 heavy (non-hydrogen) atoms. The van der Waals surface area contributed by atoms with Crippen molar-refractivity contribution in [2.24, 2.45) is 4.99 Å². The van der Waals surface area contributed by atoms with E-state index >= 15 is 0 Å². The van der Waals surface area contributed by atoms with Crippen molar-refractivity contribution >= 4 is 29.9 Å². The number of ether oxygens (including phenoxy) is 2. The summed E-state index contributed by atoms with van der Waals surface area (Å²) < 4.78 is 16.1. The zero-order valence-electron chi connectivity index (χ0n) is 17.1. The first-order valence-corrected chi connectivity index (χ1v) is 9.43. The second kappa shape index (κ2) is 12.9. The van der Waals surface area contributed by atoms with Gasteiger partial charge >= 0.3 is 0 Å². The van der Waals surface area contributed by atoms with Crippen LogP contribution < -0.4 is 15.4 Å². The minimum atomic E-state index is 0. The Labute approximate surface area is 193 Å². The van der Waals surface area contributed by atoms with Gasteiger partial charge in [0.05, 0.1) is 18.8 Å². The third-order valence-electron chi connectivity index (χ3n) is 4.17. The second-order valence-electron chi connectivity index (χ2n) is 6.27. The summed E-state index contributed by atoms with van der Waals surface area (Å²) in [4.78, 5) is 8.76. The number of benzene rings is 2. The summed E-state index contributed by atoms with van der Waals surface area (Å²) in [6, 6.07) is 17.8. The lowest BCUT2D eigenvalue weighted by Gasteiger charge is -2.11. The molecule has 3 rings (SSSR count). The summed E-state index contributed by atoms with van der Waals surface area (Å²) in [5.74, 6) is 2.13. The highest BCUT2D eigenvalue weighted by molar-refractivity contribution is 14.0. The molecule has 160 valence electrons. The van der Waals surface area contributed by atoms with E-state index in [9.17, 15) is 0 Å². The van der Waals surface area contributed by atoms with Gasteiger partial charge in [-0.05, 0) is 29.8 Å². The number of nitrogens with zero attached hydrogens (tertiary/aromatic N) is 2. The van der Waals surface area contributed by atoms with E-state index in [2.05, 4.69) is 20.6 Å². The average molecular weight is 522 g/mol. The van der Waals surface area contributed by atoms with Crippen LogP contribution in [0.1, 0.15) is 11.3 Å². The number of halogens is 1. The van der Waals surface area contributed by atoms with E-state index in [0.29, 0.717) is 38.2 Å². The van der Waals surface area contributed by atoms with Crippen LogP contribution in [0.25, 0.3) is 11.5 Å². The van der Waals surface area contributed by atoms with Gasteiger partial charge in [-0.1, -0.05) is 30.3 Å². The lowest BCUT2D eigenvalue weighted by Crippen LogP contribution is -2.36. The maximum atomic E-state index is 5.57. The quantitative estimate of drug-likeness (QED) is 0.192. The fourth-order valence-electron chi connectivity index (χ4n) is 2.63. The van der Waals surface area contributed by atoms with Crippen molar-refractivity contribution in [3.63, 3.8) is 0 Å². The molecule has 1 heterocycles. The fourth-order valence-corrected chi connectivity index (χ4v) is 2.63. The van der Waals surface area contributed by atoms with Crippen molar-refractivity contribution in [2.75, 3.05) is 27.4 Å². The number of guanidine groups is 1. The normalized spacial score (nSPS) is 10.9. The molecule has 2 aromatic carbocycles. The van der Waals surface area contributed by atoms with E-state index in [4.69, 9.17) is 13.9 Å². The van der Waals surface area contributed by atoms with Gasteiger partial charge in [-0.2, -0.15) is 0 Å². The van der Waals surface area contributed by atoms with Crippen LogP contribution in [0.4, 0.5) is 0 Å². The topological polar surface area (TPSA) is 80.9 Å². The molecule has 3 aromatic rings. The van der Waals surface area contributed by atoms with Gasteiger partial charge in [-0.25, -0.2) is 4.98 Å². The number of aromatic nitrogens is 1. The van der Waals surface area contributed by atoms with Crippen molar-refractivity contribution < 1.29 is 13.9 Å². The first kappa shape index (κ1) is 23.7. The van der Waals surface area contributed by atoms with Crippen LogP contribution in [0.3, 0.4) is 0 Å². The maximum absolute atomic E-state index is 5.57. The Kier molecular flexibility index (Phi) is 10.2. The molecule has 0 aliphatic carbocycles. The first-order valence-electron chi connectivity index (χ1n) is 9.43. The van der Waals surface area contributed by atoms with Gasteiger partial charge in [0, 0.05) is 26.3 Å². The molecule has 0 radical (unpaired) electrons. The highest BCUT2D eigenvalue weighted by atomic mass is 127. The molecule has 0 spiro atoms. The molecule has 0 atom stereocenters. The van der Waals surface area contributed by atoms with E-state index in [-0.39, 0.29) is 24.0 Å². The van der Waals surface area contributed by atoms with Crippen LogP contribution in [-0.2, 0) is 17.8 Å². The smallest absolute Gasteiger partial charge is 0.226 e. The summed E-state index contributed by atoms with van der Waals surface area (Å²) in [6.45, 7) is 2.27. The highest BCUT2D eigenvalue weighted by Gasteiger charge is 2.07. The van der Waals surface area contributed by atoms with Gasteiger partial charge in [0.2, 0.25) is 5.89 Å². The lowest BCUT2D eigenvalue weighted by molar-refractivity contribution is 0.146. The Bertz CT molecular complexity index is 898. The molecular weight excluding hydrogens is 495 g/mol. The van der Waals surface area contributed by atoms with E-state index in [1.54, 1.807) is 20.4 Å². The summed E-state index contributed by atoms with van der Waals surface area (Å²) in [6.07, 6.45) is 1.66.